The maximum Gasteiger partial charge on any atom is 0.274 e. The third-order valence-electron chi connectivity index (χ3n) is 4.55. The van der Waals surface area contributed by atoms with Gasteiger partial charge in [0, 0.05) is 17.4 Å². The monoisotopic (exact) mass is 402 g/mol. The Kier molecular flexibility index (Phi) is 5.61. The molecule has 0 bridgehead atoms. The van der Waals surface area contributed by atoms with Crippen molar-refractivity contribution in [3.05, 3.63) is 72.4 Å². The van der Waals surface area contributed by atoms with Crippen molar-refractivity contribution < 1.29 is 14.1 Å². The van der Waals surface area contributed by atoms with Crippen LogP contribution in [0, 0.1) is 6.92 Å². The van der Waals surface area contributed by atoms with Gasteiger partial charge in [0.1, 0.15) is 18.0 Å². The zero-order chi connectivity index (χ0) is 20.9. The molecule has 2 heterocycles. The summed E-state index contributed by atoms with van der Waals surface area (Å²) in [5, 5.41) is 6.95. The van der Waals surface area contributed by atoms with Gasteiger partial charge >= 0.3 is 0 Å². The molecular weight excluding hydrogens is 380 g/mol. The molecule has 1 amide bonds. The highest BCUT2D eigenvalue weighted by Crippen LogP contribution is 2.23. The molecule has 1 N–H and O–H groups in total. The van der Waals surface area contributed by atoms with Crippen molar-refractivity contribution in [2.75, 3.05) is 11.9 Å². The number of nitrogens with zero attached hydrogens (tertiary/aromatic N) is 3. The Labute approximate surface area is 174 Å². The molecule has 7 nitrogen and oxygen atoms in total. The molecule has 0 unspecified atom stereocenters. The SMILES string of the molecule is CCOc1ccc(NC(=O)Cn2cccc2-c2nc(-c3ccc(C)cc3)no2)cc1. The predicted octanol–water partition coefficient (Wildman–Crippen LogP) is 4.55. The minimum Gasteiger partial charge on any atom is -0.494 e. The lowest BCUT2D eigenvalue weighted by Gasteiger charge is -2.09. The smallest absolute Gasteiger partial charge is 0.274 e. The molecule has 0 fully saturated rings. The number of anilines is 1. The average Bonchev–Trinajstić information content (AvgIpc) is 3.40. The number of carbonyl (C=O) groups is 1. The van der Waals surface area contributed by atoms with E-state index in [1.807, 2.05) is 80.7 Å². The number of hydrogen-bond donors (Lipinski definition) is 1. The summed E-state index contributed by atoms with van der Waals surface area (Å²) in [5.41, 5.74) is 3.43. The summed E-state index contributed by atoms with van der Waals surface area (Å²) in [4.78, 5) is 17.0. The normalized spacial score (nSPS) is 10.7. The van der Waals surface area contributed by atoms with Crippen LogP contribution in [0.2, 0.25) is 0 Å². The van der Waals surface area contributed by atoms with E-state index < -0.39 is 0 Å². The quantitative estimate of drug-likeness (QED) is 0.490. The molecule has 0 aliphatic heterocycles. The van der Waals surface area contributed by atoms with Gasteiger partial charge in [-0.3, -0.25) is 4.79 Å². The summed E-state index contributed by atoms with van der Waals surface area (Å²) in [5.74, 6) is 1.49. The van der Waals surface area contributed by atoms with Crippen LogP contribution in [-0.4, -0.2) is 27.2 Å². The summed E-state index contributed by atoms with van der Waals surface area (Å²) in [6.07, 6.45) is 1.81. The van der Waals surface area contributed by atoms with Gasteiger partial charge < -0.3 is 19.1 Å². The van der Waals surface area contributed by atoms with Crippen molar-refractivity contribution in [3.63, 3.8) is 0 Å². The van der Waals surface area contributed by atoms with E-state index in [9.17, 15) is 4.79 Å². The lowest BCUT2D eigenvalue weighted by molar-refractivity contribution is -0.116. The molecular formula is C23H22N4O3. The second kappa shape index (κ2) is 8.65. The van der Waals surface area contributed by atoms with Crippen molar-refractivity contribution in [2.45, 2.75) is 20.4 Å². The number of ether oxygens (including phenoxy) is 1. The first-order chi connectivity index (χ1) is 14.6. The van der Waals surface area contributed by atoms with Crippen LogP contribution in [0.15, 0.2) is 71.4 Å². The molecule has 7 heteroatoms. The van der Waals surface area contributed by atoms with Crippen LogP contribution in [-0.2, 0) is 11.3 Å². The fourth-order valence-electron chi connectivity index (χ4n) is 3.05. The predicted molar refractivity (Wildman–Crippen MR) is 114 cm³/mol. The van der Waals surface area contributed by atoms with Crippen molar-refractivity contribution >= 4 is 11.6 Å². The van der Waals surface area contributed by atoms with E-state index in [1.54, 1.807) is 4.57 Å². The lowest BCUT2D eigenvalue weighted by atomic mass is 10.1. The number of aromatic nitrogens is 3. The first-order valence-corrected chi connectivity index (χ1v) is 9.71. The highest BCUT2D eigenvalue weighted by atomic mass is 16.5. The largest absolute Gasteiger partial charge is 0.494 e. The Morgan fingerprint density at radius 3 is 2.60 bits per heavy atom. The summed E-state index contributed by atoms with van der Waals surface area (Å²) >= 11 is 0. The van der Waals surface area contributed by atoms with Crippen molar-refractivity contribution in [1.29, 1.82) is 0 Å². The van der Waals surface area contributed by atoms with Crippen LogP contribution in [0.3, 0.4) is 0 Å². The van der Waals surface area contributed by atoms with Gasteiger partial charge in [0.25, 0.3) is 5.89 Å². The van der Waals surface area contributed by atoms with Gasteiger partial charge in [-0.05, 0) is 50.2 Å². The maximum absolute atomic E-state index is 12.5. The molecule has 0 atom stereocenters. The van der Waals surface area contributed by atoms with Crippen LogP contribution >= 0.6 is 0 Å². The van der Waals surface area contributed by atoms with Gasteiger partial charge in [-0.2, -0.15) is 4.98 Å². The van der Waals surface area contributed by atoms with E-state index in [4.69, 9.17) is 9.26 Å². The van der Waals surface area contributed by atoms with Crippen molar-refractivity contribution in [2.24, 2.45) is 0 Å². The Bertz CT molecular complexity index is 1130. The van der Waals surface area contributed by atoms with Gasteiger partial charge in [-0.1, -0.05) is 35.0 Å². The molecule has 4 rings (SSSR count). The molecule has 0 radical (unpaired) electrons. The van der Waals surface area contributed by atoms with Gasteiger partial charge in [0.15, 0.2) is 0 Å². The summed E-state index contributed by atoms with van der Waals surface area (Å²) in [7, 11) is 0. The second-order valence-electron chi connectivity index (χ2n) is 6.82. The van der Waals surface area contributed by atoms with E-state index in [2.05, 4.69) is 15.5 Å². The third-order valence-corrected chi connectivity index (χ3v) is 4.55. The average molecular weight is 402 g/mol. The first kappa shape index (κ1) is 19.4. The van der Waals surface area contributed by atoms with E-state index in [0.29, 0.717) is 29.7 Å². The molecule has 30 heavy (non-hydrogen) atoms. The van der Waals surface area contributed by atoms with E-state index in [0.717, 1.165) is 16.9 Å². The highest BCUT2D eigenvalue weighted by molar-refractivity contribution is 5.90. The molecule has 0 saturated heterocycles. The Hall–Kier alpha value is -3.87. The third kappa shape index (κ3) is 4.41. The molecule has 0 aliphatic rings. The van der Waals surface area contributed by atoms with Gasteiger partial charge in [0.05, 0.1) is 6.61 Å². The zero-order valence-electron chi connectivity index (χ0n) is 16.8. The molecule has 2 aromatic carbocycles. The van der Waals surface area contributed by atoms with Gasteiger partial charge in [-0.15, -0.1) is 0 Å². The van der Waals surface area contributed by atoms with E-state index in [-0.39, 0.29) is 12.5 Å². The minimum atomic E-state index is -0.158. The molecule has 0 spiro atoms. The van der Waals surface area contributed by atoms with E-state index in [1.165, 1.54) is 0 Å². The van der Waals surface area contributed by atoms with Crippen LogP contribution in [0.1, 0.15) is 12.5 Å². The zero-order valence-corrected chi connectivity index (χ0v) is 16.8. The summed E-state index contributed by atoms with van der Waals surface area (Å²) < 4.78 is 12.6. The number of carbonyl (C=O) groups excluding carboxylic acids is 1. The highest BCUT2D eigenvalue weighted by Gasteiger charge is 2.15. The number of benzene rings is 2. The first-order valence-electron chi connectivity index (χ1n) is 9.71. The van der Waals surface area contributed by atoms with Crippen LogP contribution in [0.25, 0.3) is 23.0 Å². The lowest BCUT2D eigenvalue weighted by Crippen LogP contribution is -2.18. The van der Waals surface area contributed by atoms with Crippen LogP contribution < -0.4 is 10.1 Å². The minimum absolute atomic E-state index is 0.123. The number of hydrogen-bond acceptors (Lipinski definition) is 5. The fourth-order valence-corrected chi connectivity index (χ4v) is 3.05. The fraction of sp³-hybridized carbons (Fsp3) is 0.174. The standard InChI is InChI=1S/C23H22N4O3/c1-3-29-19-12-10-18(11-13-19)24-21(28)15-27-14-4-5-20(27)23-25-22(26-30-23)17-8-6-16(2)7-9-17/h4-14H,3,15H2,1-2H3,(H,24,28). The summed E-state index contributed by atoms with van der Waals surface area (Å²) in [6, 6.07) is 18.9. The molecule has 0 saturated carbocycles. The number of nitrogens with one attached hydrogen (secondary N) is 1. The number of amides is 1. The Morgan fingerprint density at radius 2 is 1.87 bits per heavy atom. The Morgan fingerprint density at radius 1 is 1.10 bits per heavy atom. The maximum atomic E-state index is 12.5. The molecule has 2 aromatic heterocycles. The second-order valence-corrected chi connectivity index (χ2v) is 6.82. The van der Waals surface area contributed by atoms with Crippen LogP contribution in [0.4, 0.5) is 5.69 Å². The number of aryl methyl sites for hydroxylation is 1. The Balaban J connectivity index is 1.45. The number of rotatable bonds is 7. The molecule has 4 aromatic rings. The van der Waals surface area contributed by atoms with Crippen molar-refractivity contribution in [1.82, 2.24) is 14.7 Å². The van der Waals surface area contributed by atoms with Gasteiger partial charge in [-0.25, -0.2) is 0 Å². The van der Waals surface area contributed by atoms with Crippen LogP contribution in [0.5, 0.6) is 5.75 Å². The molecule has 152 valence electrons. The molecule has 0 aliphatic carbocycles. The summed E-state index contributed by atoms with van der Waals surface area (Å²) in [6.45, 7) is 4.68. The topological polar surface area (TPSA) is 82.2 Å². The van der Waals surface area contributed by atoms with Gasteiger partial charge in [0.2, 0.25) is 11.7 Å². The van der Waals surface area contributed by atoms with E-state index >= 15 is 0 Å². The van der Waals surface area contributed by atoms with Crippen molar-refractivity contribution in [3.8, 4) is 28.7 Å².